The molecule has 1 heterocycles. The van der Waals surface area contributed by atoms with Gasteiger partial charge in [-0.25, -0.2) is 13.5 Å². The Morgan fingerprint density at radius 2 is 1.79 bits per heavy atom. The van der Waals surface area contributed by atoms with Crippen LogP contribution in [0.5, 0.6) is 5.75 Å². The van der Waals surface area contributed by atoms with Gasteiger partial charge in [0, 0.05) is 30.5 Å². The lowest BCUT2D eigenvalue weighted by Gasteiger charge is -2.11. The minimum absolute atomic E-state index is 0.121. The van der Waals surface area contributed by atoms with Gasteiger partial charge < -0.3 is 10.1 Å². The summed E-state index contributed by atoms with van der Waals surface area (Å²) < 4.78 is 34.8. The van der Waals surface area contributed by atoms with Gasteiger partial charge >= 0.3 is 0 Å². The van der Waals surface area contributed by atoms with E-state index in [4.69, 9.17) is 4.74 Å². The van der Waals surface area contributed by atoms with Crippen molar-refractivity contribution in [3.63, 3.8) is 0 Å². The Kier molecular flexibility index (Phi) is 6.78. The van der Waals surface area contributed by atoms with Crippen LogP contribution in [0.4, 0.5) is 8.78 Å². The van der Waals surface area contributed by atoms with E-state index in [9.17, 15) is 13.6 Å². The number of nitrogens with zero attached hydrogens (tertiary/aromatic N) is 2. The first-order valence-electron chi connectivity index (χ1n) is 10.5. The molecule has 0 saturated heterocycles. The van der Waals surface area contributed by atoms with Crippen molar-refractivity contribution in [3.8, 4) is 22.7 Å². The van der Waals surface area contributed by atoms with Crippen molar-refractivity contribution in [1.29, 1.82) is 0 Å². The van der Waals surface area contributed by atoms with E-state index in [1.165, 1.54) is 18.2 Å². The first-order chi connectivity index (χ1) is 16.0. The zero-order valence-electron chi connectivity index (χ0n) is 18.1. The van der Waals surface area contributed by atoms with Gasteiger partial charge in [0.1, 0.15) is 23.1 Å². The Bertz CT molecular complexity index is 1270. The number of benzene rings is 3. The van der Waals surface area contributed by atoms with Gasteiger partial charge in [-0.05, 0) is 36.4 Å². The molecule has 5 nitrogen and oxygen atoms in total. The molecule has 4 rings (SSSR count). The van der Waals surface area contributed by atoms with Gasteiger partial charge in [0.15, 0.2) is 0 Å². The molecule has 0 aliphatic rings. The summed E-state index contributed by atoms with van der Waals surface area (Å²) in [5.74, 6) is -0.299. The van der Waals surface area contributed by atoms with Crippen LogP contribution < -0.4 is 10.1 Å². The SMILES string of the molecule is COc1ccccc1-n1nc(CCC(=O)NCc2ccccc2F)cc1-c1cccc(F)c1. The summed E-state index contributed by atoms with van der Waals surface area (Å²) in [7, 11) is 1.57. The van der Waals surface area contributed by atoms with Crippen molar-refractivity contribution >= 4 is 5.91 Å². The minimum Gasteiger partial charge on any atom is -0.494 e. The Morgan fingerprint density at radius 1 is 1.00 bits per heavy atom. The number of aromatic nitrogens is 2. The maximum Gasteiger partial charge on any atom is 0.220 e. The van der Waals surface area contributed by atoms with E-state index in [2.05, 4.69) is 10.4 Å². The number of aryl methyl sites for hydroxylation is 1. The third-order valence-electron chi connectivity index (χ3n) is 5.24. The van der Waals surface area contributed by atoms with Crippen LogP contribution in [0.3, 0.4) is 0 Å². The van der Waals surface area contributed by atoms with Crippen LogP contribution in [0.2, 0.25) is 0 Å². The Hall–Kier alpha value is -4.00. The van der Waals surface area contributed by atoms with Crippen molar-refractivity contribution in [2.24, 2.45) is 0 Å². The van der Waals surface area contributed by atoms with Crippen molar-refractivity contribution in [2.45, 2.75) is 19.4 Å². The van der Waals surface area contributed by atoms with E-state index in [0.717, 1.165) is 0 Å². The van der Waals surface area contributed by atoms with Crippen molar-refractivity contribution in [3.05, 3.63) is 102 Å². The van der Waals surface area contributed by atoms with Crippen LogP contribution in [0, 0.1) is 11.6 Å². The zero-order valence-corrected chi connectivity index (χ0v) is 18.1. The van der Waals surface area contributed by atoms with E-state index >= 15 is 0 Å². The highest BCUT2D eigenvalue weighted by Crippen LogP contribution is 2.29. The molecule has 0 unspecified atom stereocenters. The Balaban J connectivity index is 1.55. The molecule has 0 saturated carbocycles. The molecular formula is C26H23F2N3O2. The van der Waals surface area contributed by atoms with E-state index in [1.807, 2.05) is 30.3 Å². The molecule has 1 N–H and O–H groups in total. The smallest absolute Gasteiger partial charge is 0.220 e. The number of methoxy groups -OCH3 is 1. The topological polar surface area (TPSA) is 56.2 Å². The fourth-order valence-electron chi connectivity index (χ4n) is 3.56. The minimum atomic E-state index is -0.354. The van der Waals surface area contributed by atoms with E-state index in [-0.39, 0.29) is 30.5 Å². The van der Waals surface area contributed by atoms with Crippen LogP contribution in [0.1, 0.15) is 17.7 Å². The van der Waals surface area contributed by atoms with Crippen LogP contribution in [-0.4, -0.2) is 22.8 Å². The third kappa shape index (κ3) is 5.26. The highest BCUT2D eigenvalue weighted by molar-refractivity contribution is 5.76. The molecule has 7 heteroatoms. The largest absolute Gasteiger partial charge is 0.494 e. The lowest BCUT2D eigenvalue weighted by atomic mass is 10.1. The molecule has 0 atom stereocenters. The predicted octanol–water partition coefficient (Wildman–Crippen LogP) is 5.08. The van der Waals surface area contributed by atoms with Crippen LogP contribution in [0.15, 0.2) is 78.9 Å². The molecule has 0 radical (unpaired) electrons. The van der Waals surface area contributed by atoms with Gasteiger partial charge in [-0.2, -0.15) is 5.10 Å². The molecule has 0 spiro atoms. The second-order valence-electron chi connectivity index (χ2n) is 7.48. The first kappa shape index (κ1) is 22.2. The number of ether oxygens (including phenoxy) is 1. The molecule has 0 fully saturated rings. The number of para-hydroxylation sites is 2. The number of hydrogen-bond acceptors (Lipinski definition) is 3. The van der Waals surface area contributed by atoms with Crippen LogP contribution in [-0.2, 0) is 17.8 Å². The maximum absolute atomic E-state index is 13.9. The molecular weight excluding hydrogens is 424 g/mol. The number of hydrogen-bond donors (Lipinski definition) is 1. The van der Waals surface area contributed by atoms with Crippen molar-refractivity contribution < 1.29 is 18.3 Å². The Labute approximate surface area is 190 Å². The van der Waals surface area contributed by atoms with Gasteiger partial charge in [0.2, 0.25) is 5.91 Å². The molecule has 168 valence electrons. The number of amides is 1. The molecule has 4 aromatic rings. The highest BCUT2D eigenvalue weighted by Gasteiger charge is 2.16. The van der Waals surface area contributed by atoms with Gasteiger partial charge in [0.25, 0.3) is 0 Å². The first-order valence-corrected chi connectivity index (χ1v) is 10.5. The molecule has 1 aromatic heterocycles. The summed E-state index contributed by atoms with van der Waals surface area (Å²) in [6, 6.07) is 21.8. The highest BCUT2D eigenvalue weighted by atomic mass is 19.1. The lowest BCUT2D eigenvalue weighted by molar-refractivity contribution is -0.121. The van der Waals surface area contributed by atoms with E-state index in [0.29, 0.717) is 40.4 Å². The summed E-state index contributed by atoms with van der Waals surface area (Å²) in [5, 5.41) is 7.41. The second kappa shape index (κ2) is 10.1. The average molecular weight is 447 g/mol. The lowest BCUT2D eigenvalue weighted by Crippen LogP contribution is -2.23. The Morgan fingerprint density at radius 3 is 2.58 bits per heavy atom. The van der Waals surface area contributed by atoms with Crippen molar-refractivity contribution in [1.82, 2.24) is 15.1 Å². The molecule has 0 aliphatic carbocycles. The summed E-state index contributed by atoms with van der Waals surface area (Å²) in [4.78, 5) is 12.3. The summed E-state index contributed by atoms with van der Waals surface area (Å²) in [5.41, 5.74) is 3.14. The van der Waals surface area contributed by atoms with Gasteiger partial charge in [0.05, 0.1) is 18.5 Å². The molecule has 33 heavy (non-hydrogen) atoms. The van der Waals surface area contributed by atoms with E-state index in [1.54, 1.807) is 42.1 Å². The fourth-order valence-corrected chi connectivity index (χ4v) is 3.56. The number of halogens is 2. The standard InChI is InChI=1S/C26H23F2N3O2/c1-33-25-12-5-4-11-23(25)31-24(18-8-6-9-20(27)15-18)16-21(30-31)13-14-26(32)29-17-19-7-2-3-10-22(19)28/h2-12,15-16H,13-14,17H2,1H3,(H,29,32). The van der Waals surface area contributed by atoms with E-state index < -0.39 is 0 Å². The second-order valence-corrected chi connectivity index (χ2v) is 7.48. The molecule has 3 aromatic carbocycles. The van der Waals surface area contributed by atoms with Crippen LogP contribution >= 0.6 is 0 Å². The zero-order chi connectivity index (χ0) is 23.2. The third-order valence-corrected chi connectivity index (χ3v) is 5.24. The quantitative estimate of drug-likeness (QED) is 0.410. The average Bonchev–Trinajstić information content (AvgIpc) is 3.26. The summed E-state index contributed by atoms with van der Waals surface area (Å²) in [6.07, 6.45) is 0.549. The predicted molar refractivity (Wildman–Crippen MR) is 122 cm³/mol. The maximum atomic E-state index is 13.9. The fraction of sp³-hybridized carbons (Fsp3) is 0.154. The monoisotopic (exact) mass is 447 g/mol. The number of carbonyl (C=O) groups excluding carboxylic acids is 1. The van der Waals surface area contributed by atoms with Gasteiger partial charge in [-0.15, -0.1) is 0 Å². The van der Waals surface area contributed by atoms with Gasteiger partial charge in [-0.1, -0.05) is 42.5 Å². The number of rotatable bonds is 8. The van der Waals surface area contributed by atoms with Crippen molar-refractivity contribution in [2.75, 3.05) is 7.11 Å². The molecule has 0 aliphatic heterocycles. The van der Waals surface area contributed by atoms with Gasteiger partial charge in [-0.3, -0.25) is 4.79 Å². The summed E-state index contributed by atoms with van der Waals surface area (Å²) in [6.45, 7) is 0.121. The molecule has 0 bridgehead atoms. The normalized spacial score (nSPS) is 10.8. The number of nitrogens with one attached hydrogen (secondary N) is 1. The molecule has 1 amide bonds. The van der Waals surface area contributed by atoms with Crippen LogP contribution in [0.25, 0.3) is 16.9 Å². The summed E-state index contributed by atoms with van der Waals surface area (Å²) >= 11 is 0. The number of carbonyl (C=O) groups is 1.